The summed E-state index contributed by atoms with van der Waals surface area (Å²) in [5.41, 5.74) is 3.52. The summed E-state index contributed by atoms with van der Waals surface area (Å²) in [6.07, 6.45) is 5.60. The van der Waals surface area contributed by atoms with E-state index in [1.54, 1.807) is 15.7 Å². The maximum Gasteiger partial charge on any atom is 0.271 e. The first-order chi connectivity index (χ1) is 17.2. The van der Waals surface area contributed by atoms with Crippen LogP contribution in [0.5, 0.6) is 0 Å². The number of aromatic nitrogens is 2. The van der Waals surface area contributed by atoms with Crippen molar-refractivity contribution in [2.45, 2.75) is 31.7 Å². The lowest BCUT2D eigenvalue weighted by Crippen LogP contribution is -2.50. The quantitative estimate of drug-likeness (QED) is 0.436. The Hall–Kier alpha value is -3.29. The van der Waals surface area contributed by atoms with Crippen molar-refractivity contribution in [2.75, 3.05) is 26.2 Å². The van der Waals surface area contributed by atoms with Gasteiger partial charge >= 0.3 is 0 Å². The Balaban J connectivity index is 1.24. The number of rotatable bonds is 4. The largest absolute Gasteiger partial charge is 0.336 e. The molecule has 1 amide bonds. The van der Waals surface area contributed by atoms with E-state index in [0.717, 1.165) is 44.5 Å². The Labute approximate surface area is 208 Å². The second-order valence-corrected chi connectivity index (χ2v) is 10.4. The highest BCUT2D eigenvalue weighted by molar-refractivity contribution is 7.17. The lowest BCUT2D eigenvalue weighted by atomic mass is 9.96. The fourth-order valence-electron chi connectivity index (χ4n) is 5.45. The number of aryl methyl sites for hydroxylation is 2. The van der Waals surface area contributed by atoms with Gasteiger partial charge < -0.3 is 4.90 Å². The average Bonchev–Trinajstić information content (AvgIpc) is 3.30. The molecule has 178 valence electrons. The number of carbonyl (C=O) groups excluding carboxylic acids is 1. The zero-order chi connectivity index (χ0) is 23.8. The molecular formula is C28H28N4O2S. The Morgan fingerprint density at radius 3 is 2.14 bits per heavy atom. The molecule has 2 aromatic carbocycles. The Morgan fingerprint density at radius 1 is 0.857 bits per heavy atom. The third-order valence-electron chi connectivity index (χ3n) is 7.23. The first-order valence-electron chi connectivity index (χ1n) is 12.4. The van der Waals surface area contributed by atoms with E-state index in [4.69, 9.17) is 0 Å². The van der Waals surface area contributed by atoms with E-state index in [1.165, 1.54) is 22.2 Å². The standard InChI is InChI=1S/C28H28N4O2S/c33-26(22-19-29-28-32(27(22)34)23-13-7-8-14-24(23)35-28)31-17-15-30(16-18-31)25(20-9-3-1-4-10-20)21-11-5-2-6-12-21/h1-6,9-12,19,25H,7-8,13-18H2. The van der Waals surface area contributed by atoms with Crippen LogP contribution < -0.4 is 5.56 Å². The third kappa shape index (κ3) is 4.09. The van der Waals surface area contributed by atoms with Gasteiger partial charge in [0.2, 0.25) is 0 Å². The fourth-order valence-corrected chi connectivity index (χ4v) is 6.62. The van der Waals surface area contributed by atoms with Crippen molar-refractivity contribution < 1.29 is 4.79 Å². The van der Waals surface area contributed by atoms with Crippen LogP contribution in [-0.2, 0) is 12.8 Å². The smallest absolute Gasteiger partial charge is 0.271 e. The van der Waals surface area contributed by atoms with Gasteiger partial charge in [-0.15, -0.1) is 11.3 Å². The predicted octanol–water partition coefficient (Wildman–Crippen LogP) is 4.18. The molecule has 1 aliphatic carbocycles. The van der Waals surface area contributed by atoms with Crippen LogP contribution in [0, 0.1) is 0 Å². The zero-order valence-corrected chi connectivity index (χ0v) is 20.4. The highest BCUT2D eigenvalue weighted by Crippen LogP contribution is 2.30. The number of amides is 1. The maximum atomic E-state index is 13.4. The van der Waals surface area contributed by atoms with E-state index in [2.05, 4.69) is 58.4 Å². The highest BCUT2D eigenvalue weighted by Gasteiger charge is 2.30. The number of hydrogen-bond acceptors (Lipinski definition) is 5. The van der Waals surface area contributed by atoms with E-state index in [9.17, 15) is 9.59 Å². The normalized spacial score (nSPS) is 16.5. The number of thiazole rings is 1. The van der Waals surface area contributed by atoms with Crippen LogP contribution in [0.4, 0.5) is 0 Å². The molecule has 4 aromatic rings. The van der Waals surface area contributed by atoms with Crippen molar-refractivity contribution in [3.63, 3.8) is 0 Å². The van der Waals surface area contributed by atoms with Gasteiger partial charge in [-0.1, -0.05) is 60.7 Å². The lowest BCUT2D eigenvalue weighted by Gasteiger charge is -2.39. The Bertz CT molecular complexity index is 1370. The van der Waals surface area contributed by atoms with Gasteiger partial charge in [-0.3, -0.25) is 18.9 Å². The van der Waals surface area contributed by atoms with E-state index in [0.29, 0.717) is 18.1 Å². The summed E-state index contributed by atoms with van der Waals surface area (Å²) in [6.45, 7) is 2.65. The minimum absolute atomic E-state index is 0.135. The minimum Gasteiger partial charge on any atom is -0.336 e. The lowest BCUT2D eigenvalue weighted by molar-refractivity contribution is 0.0595. The fraction of sp³-hybridized carbons (Fsp3) is 0.321. The van der Waals surface area contributed by atoms with E-state index in [-0.39, 0.29) is 23.1 Å². The number of fused-ring (bicyclic) bond motifs is 3. The van der Waals surface area contributed by atoms with Crippen LogP contribution in [-0.4, -0.2) is 51.3 Å². The molecule has 0 atom stereocenters. The molecule has 0 saturated carbocycles. The molecule has 7 heteroatoms. The van der Waals surface area contributed by atoms with E-state index < -0.39 is 0 Å². The summed E-state index contributed by atoms with van der Waals surface area (Å²) in [4.78, 5) is 37.5. The van der Waals surface area contributed by atoms with Gasteiger partial charge in [0.1, 0.15) is 5.56 Å². The molecule has 6 nitrogen and oxygen atoms in total. The number of hydrogen-bond donors (Lipinski definition) is 0. The minimum atomic E-state index is -0.215. The van der Waals surface area contributed by atoms with Crippen molar-refractivity contribution in [1.82, 2.24) is 19.2 Å². The van der Waals surface area contributed by atoms with Gasteiger partial charge in [-0.25, -0.2) is 4.98 Å². The molecule has 3 heterocycles. The van der Waals surface area contributed by atoms with E-state index in [1.807, 2.05) is 17.0 Å². The summed E-state index contributed by atoms with van der Waals surface area (Å²) >= 11 is 1.59. The van der Waals surface area contributed by atoms with E-state index >= 15 is 0 Å². The van der Waals surface area contributed by atoms with Crippen LogP contribution in [0.1, 0.15) is 50.9 Å². The second kappa shape index (κ2) is 9.40. The predicted molar refractivity (Wildman–Crippen MR) is 138 cm³/mol. The monoisotopic (exact) mass is 484 g/mol. The van der Waals surface area contributed by atoms with Crippen LogP contribution in [0.15, 0.2) is 71.7 Å². The second-order valence-electron chi connectivity index (χ2n) is 9.33. The summed E-state index contributed by atoms with van der Waals surface area (Å²) in [6, 6.07) is 21.2. The SMILES string of the molecule is O=C(c1cnc2sc3c(n2c1=O)CCCC3)N1CCN(C(c2ccccc2)c2ccccc2)CC1. The molecule has 0 radical (unpaired) electrons. The molecule has 0 N–H and O–H groups in total. The van der Waals surface area contributed by atoms with Gasteiger partial charge in [0.25, 0.3) is 11.5 Å². The van der Waals surface area contributed by atoms with Crippen LogP contribution >= 0.6 is 11.3 Å². The first-order valence-corrected chi connectivity index (χ1v) is 13.2. The number of carbonyl (C=O) groups is 1. The summed E-state index contributed by atoms with van der Waals surface area (Å²) in [7, 11) is 0. The molecule has 0 bridgehead atoms. The van der Waals surface area contributed by atoms with Crippen molar-refractivity contribution in [2.24, 2.45) is 0 Å². The first kappa shape index (κ1) is 22.2. The zero-order valence-electron chi connectivity index (χ0n) is 19.6. The number of benzene rings is 2. The number of nitrogens with zero attached hydrogens (tertiary/aromatic N) is 4. The summed E-state index contributed by atoms with van der Waals surface area (Å²) < 4.78 is 1.70. The topological polar surface area (TPSA) is 57.9 Å². The number of piperazine rings is 1. The van der Waals surface area contributed by atoms with Gasteiger partial charge in [-0.2, -0.15) is 0 Å². The maximum absolute atomic E-state index is 13.4. The van der Waals surface area contributed by atoms with Crippen molar-refractivity contribution >= 4 is 22.2 Å². The Kier molecular flexibility index (Phi) is 5.96. The molecule has 2 aromatic heterocycles. The molecule has 1 fully saturated rings. The molecule has 0 spiro atoms. The van der Waals surface area contributed by atoms with Gasteiger partial charge in [0, 0.05) is 42.9 Å². The van der Waals surface area contributed by atoms with Crippen LogP contribution in [0.3, 0.4) is 0 Å². The average molecular weight is 485 g/mol. The van der Waals surface area contributed by atoms with Crippen molar-refractivity contribution in [3.05, 3.63) is 104 Å². The molecule has 1 saturated heterocycles. The van der Waals surface area contributed by atoms with Crippen LogP contribution in [0.2, 0.25) is 0 Å². The molecular weight excluding hydrogens is 456 g/mol. The van der Waals surface area contributed by atoms with Crippen LogP contribution in [0.25, 0.3) is 4.96 Å². The molecule has 2 aliphatic rings. The van der Waals surface area contributed by atoms with Crippen molar-refractivity contribution in [3.8, 4) is 0 Å². The van der Waals surface area contributed by atoms with Gasteiger partial charge in [-0.05, 0) is 36.8 Å². The Morgan fingerprint density at radius 2 is 1.49 bits per heavy atom. The summed E-state index contributed by atoms with van der Waals surface area (Å²) in [5.74, 6) is -0.205. The molecule has 6 rings (SSSR count). The molecule has 1 aliphatic heterocycles. The highest BCUT2D eigenvalue weighted by atomic mass is 32.1. The third-order valence-corrected chi connectivity index (χ3v) is 8.39. The molecule has 35 heavy (non-hydrogen) atoms. The molecule has 0 unspecified atom stereocenters. The summed E-state index contributed by atoms with van der Waals surface area (Å²) in [5, 5.41) is 0. The van der Waals surface area contributed by atoms with Gasteiger partial charge in [0.05, 0.1) is 6.04 Å². The van der Waals surface area contributed by atoms with Crippen molar-refractivity contribution in [1.29, 1.82) is 0 Å². The van der Waals surface area contributed by atoms with Gasteiger partial charge in [0.15, 0.2) is 4.96 Å².